The van der Waals surface area contributed by atoms with E-state index >= 15 is 0 Å². The number of nitrogens with one attached hydrogen (secondary N) is 2. The number of urea groups is 1. The summed E-state index contributed by atoms with van der Waals surface area (Å²) >= 11 is 1.55. The van der Waals surface area contributed by atoms with Gasteiger partial charge < -0.3 is 15.7 Å². The molecule has 0 bridgehead atoms. The molecule has 0 saturated carbocycles. The molecular weight excluding hydrogens is 250 g/mol. The molecule has 0 aliphatic rings. The molecule has 1 aromatic heterocycles. The summed E-state index contributed by atoms with van der Waals surface area (Å²) in [5.41, 5.74) is 1.96. The van der Waals surface area contributed by atoms with Crippen molar-refractivity contribution in [3.8, 4) is 0 Å². The van der Waals surface area contributed by atoms with Crippen molar-refractivity contribution in [3.05, 3.63) is 16.6 Å². The summed E-state index contributed by atoms with van der Waals surface area (Å²) in [4.78, 5) is 15.6. The molecule has 2 amide bonds. The van der Waals surface area contributed by atoms with Crippen molar-refractivity contribution in [1.29, 1.82) is 0 Å². The molecule has 0 aliphatic carbocycles. The minimum absolute atomic E-state index is 0.245. The molecule has 0 spiro atoms. The van der Waals surface area contributed by atoms with Crippen molar-refractivity contribution >= 4 is 17.4 Å². The van der Waals surface area contributed by atoms with E-state index in [0.29, 0.717) is 19.4 Å². The first-order valence-corrected chi connectivity index (χ1v) is 7.15. The number of carbonyl (C=O) groups excluding carboxylic acids is 1. The second-order valence-electron chi connectivity index (χ2n) is 4.27. The molecule has 0 unspecified atom stereocenters. The third-order valence-electron chi connectivity index (χ3n) is 3.04. The highest BCUT2D eigenvalue weighted by molar-refractivity contribution is 7.07. The van der Waals surface area contributed by atoms with Crippen LogP contribution in [-0.4, -0.2) is 34.8 Å². The third kappa shape index (κ3) is 5.01. The van der Waals surface area contributed by atoms with Gasteiger partial charge in [0.25, 0.3) is 0 Å². The van der Waals surface area contributed by atoms with E-state index in [2.05, 4.69) is 15.6 Å². The molecule has 6 heteroatoms. The summed E-state index contributed by atoms with van der Waals surface area (Å²) in [6, 6.07) is -0.245. The lowest BCUT2D eigenvalue weighted by molar-refractivity contribution is 0.0349. The summed E-state index contributed by atoms with van der Waals surface area (Å²) in [6.07, 6.45) is 1.98. The molecular formula is C12H21N3O2S. The van der Waals surface area contributed by atoms with Gasteiger partial charge in [0.05, 0.1) is 16.8 Å². The fraction of sp³-hybridized carbons (Fsp3) is 0.667. The van der Waals surface area contributed by atoms with Gasteiger partial charge in [0.1, 0.15) is 0 Å². The number of aliphatic hydroxyl groups is 1. The standard InChI is InChI=1S/C12H21N3O2S/c1-3-12(17,4-2)8-14-11(16)13-6-5-10-7-18-9-15-10/h7,9,17H,3-6,8H2,1-2H3,(H2,13,14,16). The van der Waals surface area contributed by atoms with Crippen LogP contribution < -0.4 is 10.6 Å². The molecule has 0 fully saturated rings. The van der Waals surface area contributed by atoms with Crippen LogP contribution in [0.5, 0.6) is 0 Å². The Morgan fingerprint density at radius 3 is 2.72 bits per heavy atom. The maximum atomic E-state index is 11.5. The lowest BCUT2D eigenvalue weighted by Gasteiger charge is -2.25. The Morgan fingerprint density at radius 2 is 2.17 bits per heavy atom. The Bertz CT molecular complexity index is 350. The van der Waals surface area contributed by atoms with Gasteiger partial charge in [0, 0.05) is 24.9 Å². The zero-order valence-electron chi connectivity index (χ0n) is 10.9. The normalized spacial score (nSPS) is 11.3. The van der Waals surface area contributed by atoms with Gasteiger partial charge >= 0.3 is 6.03 Å². The van der Waals surface area contributed by atoms with E-state index in [9.17, 15) is 9.90 Å². The quantitative estimate of drug-likeness (QED) is 0.704. The lowest BCUT2D eigenvalue weighted by Crippen LogP contribution is -2.46. The number of nitrogens with zero attached hydrogens (tertiary/aromatic N) is 1. The monoisotopic (exact) mass is 271 g/mol. The van der Waals surface area contributed by atoms with Crippen LogP contribution in [0.3, 0.4) is 0 Å². The first-order chi connectivity index (χ1) is 8.59. The number of rotatable bonds is 7. The van der Waals surface area contributed by atoms with E-state index in [-0.39, 0.29) is 12.6 Å². The van der Waals surface area contributed by atoms with E-state index in [1.165, 1.54) is 0 Å². The number of hydrogen-bond donors (Lipinski definition) is 3. The van der Waals surface area contributed by atoms with Crippen LogP contribution in [0.2, 0.25) is 0 Å². The van der Waals surface area contributed by atoms with E-state index in [1.807, 2.05) is 19.2 Å². The van der Waals surface area contributed by atoms with Gasteiger partial charge in [-0.05, 0) is 12.8 Å². The molecule has 5 nitrogen and oxygen atoms in total. The van der Waals surface area contributed by atoms with Crippen molar-refractivity contribution in [3.63, 3.8) is 0 Å². The maximum absolute atomic E-state index is 11.5. The Balaban J connectivity index is 2.18. The van der Waals surface area contributed by atoms with E-state index in [0.717, 1.165) is 12.1 Å². The molecule has 18 heavy (non-hydrogen) atoms. The van der Waals surface area contributed by atoms with Crippen molar-refractivity contribution in [1.82, 2.24) is 15.6 Å². The number of hydrogen-bond acceptors (Lipinski definition) is 4. The third-order valence-corrected chi connectivity index (χ3v) is 3.68. The first kappa shape index (κ1) is 14.9. The second-order valence-corrected chi connectivity index (χ2v) is 4.99. The average molecular weight is 271 g/mol. The smallest absolute Gasteiger partial charge is 0.314 e. The fourth-order valence-electron chi connectivity index (χ4n) is 1.47. The van der Waals surface area contributed by atoms with Gasteiger partial charge in [-0.25, -0.2) is 9.78 Å². The minimum Gasteiger partial charge on any atom is -0.388 e. The van der Waals surface area contributed by atoms with Crippen LogP contribution in [0.15, 0.2) is 10.9 Å². The highest BCUT2D eigenvalue weighted by Crippen LogP contribution is 2.12. The SMILES string of the molecule is CCC(O)(CC)CNC(=O)NCCc1cscn1. The summed E-state index contributed by atoms with van der Waals surface area (Å²) in [5, 5.41) is 17.4. The van der Waals surface area contributed by atoms with Gasteiger partial charge in [-0.1, -0.05) is 13.8 Å². The summed E-state index contributed by atoms with van der Waals surface area (Å²) in [7, 11) is 0. The Morgan fingerprint density at radius 1 is 1.44 bits per heavy atom. The number of amides is 2. The van der Waals surface area contributed by atoms with Crippen molar-refractivity contribution in [2.75, 3.05) is 13.1 Å². The number of carbonyl (C=O) groups is 1. The largest absolute Gasteiger partial charge is 0.388 e. The van der Waals surface area contributed by atoms with Gasteiger partial charge in [0.2, 0.25) is 0 Å². The fourth-order valence-corrected chi connectivity index (χ4v) is 2.07. The van der Waals surface area contributed by atoms with Crippen molar-refractivity contribution < 1.29 is 9.90 Å². The summed E-state index contributed by atoms with van der Waals surface area (Å²) in [5.74, 6) is 0. The van der Waals surface area contributed by atoms with E-state index in [1.54, 1.807) is 16.8 Å². The van der Waals surface area contributed by atoms with Gasteiger partial charge in [-0.15, -0.1) is 11.3 Å². The van der Waals surface area contributed by atoms with E-state index in [4.69, 9.17) is 0 Å². The molecule has 102 valence electrons. The zero-order chi connectivity index (χ0) is 13.4. The predicted octanol–water partition coefficient (Wildman–Crippen LogP) is 1.54. The second kappa shape index (κ2) is 7.33. The Kier molecular flexibility index (Phi) is 6.07. The van der Waals surface area contributed by atoms with Gasteiger partial charge in [-0.3, -0.25) is 0 Å². The van der Waals surface area contributed by atoms with Crippen molar-refractivity contribution in [2.45, 2.75) is 38.7 Å². The summed E-state index contributed by atoms with van der Waals surface area (Å²) in [6.45, 7) is 4.64. The van der Waals surface area contributed by atoms with Crippen LogP contribution in [0, 0.1) is 0 Å². The van der Waals surface area contributed by atoms with Crippen LogP contribution in [0.1, 0.15) is 32.4 Å². The molecule has 0 aliphatic heterocycles. The average Bonchev–Trinajstić information content (AvgIpc) is 2.89. The summed E-state index contributed by atoms with van der Waals surface area (Å²) < 4.78 is 0. The van der Waals surface area contributed by atoms with Crippen LogP contribution in [-0.2, 0) is 6.42 Å². The molecule has 0 saturated heterocycles. The lowest BCUT2D eigenvalue weighted by atomic mass is 9.98. The van der Waals surface area contributed by atoms with E-state index < -0.39 is 5.60 Å². The van der Waals surface area contributed by atoms with Crippen LogP contribution >= 0.6 is 11.3 Å². The molecule has 1 aromatic rings. The van der Waals surface area contributed by atoms with Gasteiger partial charge in [-0.2, -0.15) is 0 Å². The minimum atomic E-state index is -0.799. The first-order valence-electron chi connectivity index (χ1n) is 6.21. The maximum Gasteiger partial charge on any atom is 0.314 e. The van der Waals surface area contributed by atoms with Gasteiger partial charge in [0.15, 0.2) is 0 Å². The Hall–Kier alpha value is -1.14. The van der Waals surface area contributed by atoms with Crippen LogP contribution in [0.25, 0.3) is 0 Å². The highest BCUT2D eigenvalue weighted by Gasteiger charge is 2.22. The topological polar surface area (TPSA) is 74.2 Å². The number of thiazole rings is 1. The Labute approximate surface area is 112 Å². The van der Waals surface area contributed by atoms with Crippen molar-refractivity contribution in [2.24, 2.45) is 0 Å². The predicted molar refractivity (Wildman–Crippen MR) is 72.8 cm³/mol. The zero-order valence-corrected chi connectivity index (χ0v) is 11.7. The molecule has 0 atom stereocenters. The molecule has 0 aromatic carbocycles. The highest BCUT2D eigenvalue weighted by atomic mass is 32.1. The molecule has 0 radical (unpaired) electrons. The van der Waals surface area contributed by atoms with Crippen LogP contribution in [0.4, 0.5) is 4.79 Å². The number of aromatic nitrogens is 1. The molecule has 3 N–H and O–H groups in total. The molecule has 1 rings (SSSR count). The molecule has 1 heterocycles.